The van der Waals surface area contributed by atoms with Crippen LogP contribution in [0.25, 0.3) is 0 Å². The second-order valence-electron chi connectivity index (χ2n) is 9.67. The van der Waals surface area contributed by atoms with Gasteiger partial charge in [0.05, 0.1) is 18.9 Å². The van der Waals surface area contributed by atoms with E-state index in [9.17, 15) is 4.79 Å². The summed E-state index contributed by atoms with van der Waals surface area (Å²) >= 11 is 0. The molecule has 3 heterocycles. The van der Waals surface area contributed by atoms with Crippen molar-refractivity contribution < 1.29 is 14.3 Å². The van der Waals surface area contributed by atoms with E-state index in [4.69, 9.17) is 15.2 Å². The van der Waals surface area contributed by atoms with E-state index in [1.165, 1.54) is 11.1 Å². The fraction of sp³-hybridized carbons (Fsp3) is 0.407. The number of methoxy groups -OCH3 is 1. The van der Waals surface area contributed by atoms with E-state index < -0.39 is 5.91 Å². The van der Waals surface area contributed by atoms with Gasteiger partial charge in [-0.05, 0) is 62.4 Å². The molecule has 0 aliphatic carbocycles. The predicted octanol–water partition coefficient (Wildman–Crippen LogP) is 4.08. The van der Waals surface area contributed by atoms with Crippen LogP contribution in [-0.2, 0) is 17.7 Å². The third-order valence-electron chi connectivity index (χ3n) is 6.95. The summed E-state index contributed by atoms with van der Waals surface area (Å²) in [6.07, 6.45) is 2.89. The molecule has 10 nitrogen and oxygen atoms in total. The van der Waals surface area contributed by atoms with Gasteiger partial charge < -0.3 is 25.8 Å². The van der Waals surface area contributed by atoms with Crippen LogP contribution in [0.1, 0.15) is 60.0 Å². The molecule has 37 heavy (non-hydrogen) atoms. The van der Waals surface area contributed by atoms with Crippen LogP contribution in [0.5, 0.6) is 5.75 Å². The fourth-order valence-corrected chi connectivity index (χ4v) is 4.91. The van der Waals surface area contributed by atoms with Gasteiger partial charge in [-0.15, -0.1) is 10.2 Å². The first kappa shape index (κ1) is 24.9. The van der Waals surface area contributed by atoms with Gasteiger partial charge in [0.25, 0.3) is 5.91 Å². The van der Waals surface area contributed by atoms with E-state index in [1.807, 2.05) is 24.3 Å². The molecule has 194 valence electrons. The lowest BCUT2D eigenvalue weighted by molar-refractivity contribution is 0.0995. The summed E-state index contributed by atoms with van der Waals surface area (Å²) in [7, 11) is 1.64. The van der Waals surface area contributed by atoms with E-state index >= 15 is 0 Å². The van der Waals surface area contributed by atoms with Crippen LogP contribution in [0.15, 0.2) is 36.4 Å². The van der Waals surface area contributed by atoms with Crippen molar-refractivity contribution in [2.24, 2.45) is 5.73 Å². The lowest BCUT2D eigenvalue weighted by Gasteiger charge is -2.32. The molecular formula is C27H33N7O3. The van der Waals surface area contributed by atoms with E-state index in [0.717, 1.165) is 55.9 Å². The number of benzene rings is 2. The van der Waals surface area contributed by atoms with Gasteiger partial charge in [0, 0.05) is 37.0 Å². The van der Waals surface area contributed by atoms with Crippen molar-refractivity contribution in [2.75, 3.05) is 30.9 Å². The van der Waals surface area contributed by atoms with Crippen molar-refractivity contribution in [2.45, 2.75) is 51.8 Å². The van der Waals surface area contributed by atoms with Gasteiger partial charge in [-0.25, -0.2) is 0 Å². The second-order valence-corrected chi connectivity index (χ2v) is 9.67. The topological polar surface area (TPSA) is 128 Å². The van der Waals surface area contributed by atoms with Crippen molar-refractivity contribution in [1.29, 1.82) is 0 Å². The number of aromatic nitrogens is 3. The molecule has 0 bridgehead atoms. The number of nitrogens with one attached hydrogen (secondary N) is 2. The molecule has 1 saturated heterocycles. The van der Waals surface area contributed by atoms with Crippen molar-refractivity contribution in [3.8, 4) is 5.75 Å². The van der Waals surface area contributed by atoms with Gasteiger partial charge in [-0.1, -0.05) is 18.2 Å². The molecule has 3 aromatic rings. The Morgan fingerprint density at radius 2 is 2.00 bits per heavy atom. The van der Waals surface area contributed by atoms with Crippen molar-refractivity contribution >= 4 is 29.0 Å². The lowest BCUT2D eigenvalue weighted by atomic mass is 9.97. The highest BCUT2D eigenvalue weighted by Gasteiger charge is 2.24. The van der Waals surface area contributed by atoms with E-state index in [2.05, 4.69) is 56.7 Å². The Kier molecular flexibility index (Phi) is 7.20. The summed E-state index contributed by atoms with van der Waals surface area (Å²) in [6.45, 7) is 7.02. The van der Waals surface area contributed by atoms with Crippen LogP contribution in [0, 0.1) is 0 Å². The number of anilines is 4. The van der Waals surface area contributed by atoms with Crippen LogP contribution in [-0.4, -0.2) is 52.3 Å². The molecule has 10 heteroatoms. The molecule has 5 rings (SSSR count). The first-order chi connectivity index (χ1) is 17.9. The SMILES string of the molecule is COc1cc2c(cc1Nc1nnc(C(N)=O)c(Nc3ccccc3C3CCCO3)n1)CN(C(C)C)CC2. The number of carbonyl (C=O) groups excluding carboxylic acids is 1. The Hall–Kier alpha value is -3.76. The largest absolute Gasteiger partial charge is 0.495 e. The number of nitrogens with zero attached hydrogens (tertiary/aromatic N) is 4. The summed E-state index contributed by atoms with van der Waals surface area (Å²) in [4.78, 5) is 19.2. The molecule has 0 spiro atoms. The second kappa shape index (κ2) is 10.7. The number of fused-ring (bicyclic) bond motifs is 1. The zero-order valence-corrected chi connectivity index (χ0v) is 21.5. The first-order valence-electron chi connectivity index (χ1n) is 12.7. The summed E-state index contributed by atoms with van der Waals surface area (Å²) in [5.41, 5.74) is 10.6. The Balaban J connectivity index is 1.46. The number of para-hydroxylation sites is 1. The number of rotatable bonds is 8. The van der Waals surface area contributed by atoms with Gasteiger partial charge in [0.2, 0.25) is 5.95 Å². The summed E-state index contributed by atoms with van der Waals surface area (Å²) in [5.74, 6) is 0.413. The smallest absolute Gasteiger partial charge is 0.273 e. The Labute approximate surface area is 216 Å². The Bertz CT molecular complexity index is 1290. The van der Waals surface area contributed by atoms with Crippen molar-refractivity contribution in [3.05, 3.63) is 58.8 Å². The van der Waals surface area contributed by atoms with Gasteiger partial charge in [0.15, 0.2) is 11.5 Å². The Morgan fingerprint density at radius 1 is 1.16 bits per heavy atom. The van der Waals surface area contributed by atoms with Crippen LogP contribution in [0.4, 0.5) is 23.1 Å². The monoisotopic (exact) mass is 503 g/mol. The number of hydrogen-bond acceptors (Lipinski definition) is 9. The molecule has 1 unspecified atom stereocenters. The van der Waals surface area contributed by atoms with Crippen LogP contribution >= 0.6 is 0 Å². The number of primary amides is 1. The highest BCUT2D eigenvalue weighted by atomic mass is 16.5. The van der Waals surface area contributed by atoms with Crippen LogP contribution in [0.3, 0.4) is 0 Å². The van der Waals surface area contributed by atoms with Gasteiger partial charge in [-0.2, -0.15) is 4.98 Å². The zero-order valence-electron chi connectivity index (χ0n) is 21.5. The average molecular weight is 504 g/mol. The highest BCUT2D eigenvalue weighted by Crippen LogP contribution is 2.36. The molecule has 1 amide bonds. The van der Waals surface area contributed by atoms with E-state index in [1.54, 1.807) is 7.11 Å². The lowest BCUT2D eigenvalue weighted by Crippen LogP contribution is -2.35. The van der Waals surface area contributed by atoms with Gasteiger partial charge >= 0.3 is 0 Å². The van der Waals surface area contributed by atoms with Crippen molar-refractivity contribution in [3.63, 3.8) is 0 Å². The minimum absolute atomic E-state index is 0.0155. The molecule has 2 aromatic carbocycles. The normalized spacial score (nSPS) is 17.5. The number of nitrogens with two attached hydrogens (primary N) is 1. The summed E-state index contributed by atoms with van der Waals surface area (Å²) in [6, 6.07) is 12.4. The minimum atomic E-state index is -0.719. The molecular weight excluding hydrogens is 470 g/mol. The number of ether oxygens (including phenoxy) is 2. The van der Waals surface area contributed by atoms with E-state index in [-0.39, 0.29) is 23.6 Å². The van der Waals surface area contributed by atoms with Gasteiger partial charge in [0.1, 0.15) is 5.75 Å². The first-order valence-corrected chi connectivity index (χ1v) is 12.7. The van der Waals surface area contributed by atoms with Crippen LogP contribution < -0.4 is 21.1 Å². The van der Waals surface area contributed by atoms with Gasteiger partial charge in [-0.3, -0.25) is 9.69 Å². The molecule has 0 saturated carbocycles. The third-order valence-corrected chi connectivity index (χ3v) is 6.95. The maximum absolute atomic E-state index is 12.1. The maximum Gasteiger partial charge on any atom is 0.273 e. The molecule has 1 aromatic heterocycles. The number of amides is 1. The molecule has 0 radical (unpaired) electrons. The molecule has 4 N–H and O–H groups in total. The standard InChI is InChI=1S/C27H33N7O3/c1-16(2)34-11-10-17-14-23(36-3)21(13-18(17)15-34)30-27-31-26(24(25(28)35)32-33-27)29-20-8-5-4-7-19(20)22-9-6-12-37-22/h4-5,7-8,13-14,16,22H,6,9-12,15H2,1-3H3,(H2,28,35)(H2,29,30,31,33). The fourth-order valence-electron chi connectivity index (χ4n) is 4.91. The number of hydrogen-bond donors (Lipinski definition) is 3. The summed E-state index contributed by atoms with van der Waals surface area (Å²) < 4.78 is 11.5. The van der Waals surface area contributed by atoms with Crippen molar-refractivity contribution in [1.82, 2.24) is 20.1 Å². The third kappa shape index (κ3) is 5.35. The van der Waals surface area contributed by atoms with E-state index in [0.29, 0.717) is 11.8 Å². The highest BCUT2D eigenvalue weighted by molar-refractivity contribution is 5.96. The minimum Gasteiger partial charge on any atom is -0.495 e. The quantitative estimate of drug-likeness (QED) is 0.416. The zero-order chi connectivity index (χ0) is 25.9. The molecule has 1 fully saturated rings. The molecule has 1 atom stereocenters. The predicted molar refractivity (Wildman–Crippen MR) is 142 cm³/mol. The molecule has 2 aliphatic heterocycles. The Morgan fingerprint density at radius 3 is 2.73 bits per heavy atom. The number of carbonyl (C=O) groups is 1. The molecule has 2 aliphatic rings. The maximum atomic E-state index is 12.1. The summed E-state index contributed by atoms with van der Waals surface area (Å²) in [5, 5.41) is 14.7. The average Bonchev–Trinajstić information content (AvgIpc) is 3.43. The van der Waals surface area contributed by atoms with Crippen LogP contribution in [0.2, 0.25) is 0 Å².